The molecule has 28 heavy (non-hydrogen) atoms. The largest absolute Gasteiger partial charge is 0.463 e. The molecule has 10 heteroatoms. The molecule has 1 N–H and O–H groups in total. The van der Waals surface area contributed by atoms with E-state index in [0.29, 0.717) is 11.4 Å². The monoisotopic (exact) mass is 392 g/mol. The van der Waals surface area contributed by atoms with Gasteiger partial charge in [0.2, 0.25) is 6.33 Å². The molecule has 1 aromatic heterocycles. The van der Waals surface area contributed by atoms with E-state index in [1.807, 2.05) is 0 Å². The van der Waals surface area contributed by atoms with Gasteiger partial charge in [0.25, 0.3) is 0 Å². The number of nitrogens with one attached hydrogen (secondary N) is 1. The van der Waals surface area contributed by atoms with Crippen molar-refractivity contribution in [1.82, 2.24) is 14.9 Å². The van der Waals surface area contributed by atoms with Crippen LogP contribution in [0.3, 0.4) is 0 Å². The third-order valence-electron chi connectivity index (χ3n) is 4.23. The third-order valence-corrected chi connectivity index (χ3v) is 4.23. The topological polar surface area (TPSA) is 126 Å². The molecule has 1 unspecified atom stereocenters. The van der Waals surface area contributed by atoms with Crippen molar-refractivity contribution < 1.29 is 24.0 Å². The van der Waals surface area contributed by atoms with Gasteiger partial charge in [-0.1, -0.05) is 0 Å². The van der Waals surface area contributed by atoms with Crippen LogP contribution in [0, 0.1) is 10.1 Å². The van der Waals surface area contributed by atoms with Gasteiger partial charge in [0.1, 0.15) is 5.69 Å². The maximum absolute atomic E-state index is 12.9. The van der Waals surface area contributed by atoms with Crippen LogP contribution >= 0.6 is 0 Å². The molecule has 2 heterocycles. The Hall–Kier alpha value is -3.17. The van der Waals surface area contributed by atoms with Crippen LogP contribution in [0.15, 0.2) is 28.9 Å². The number of hydrogen-bond donors (Lipinski definition) is 1. The molecular weight excluding hydrogens is 368 g/mol. The predicted octanol–water partition coefficient (Wildman–Crippen LogP) is 2.08. The number of aryl methyl sites for hydroxylation is 1. The number of nitro groups is 1. The van der Waals surface area contributed by atoms with Crippen LogP contribution in [0.4, 0.5) is 5.82 Å². The molecule has 1 atom stereocenters. The molecule has 0 saturated heterocycles. The van der Waals surface area contributed by atoms with Gasteiger partial charge in [-0.15, -0.1) is 0 Å². The van der Waals surface area contributed by atoms with Crippen molar-refractivity contribution >= 4 is 17.8 Å². The molecule has 1 aliphatic heterocycles. The molecule has 0 saturated carbocycles. The zero-order chi connectivity index (χ0) is 21.2. The first-order valence-electron chi connectivity index (χ1n) is 8.82. The van der Waals surface area contributed by atoms with Gasteiger partial charge in [-0.25, -0.2) is 9.59 Å². The van der Waals surface area contributed by atoms with Crippen molar-refractivity contribution in [2.45, 2.75) is 46.6 Å². The lowest BCUT2D eigenvalue weighted by atomic mass is 9.82. The first-order valence-corrected chi connectivity index (χ1v) is 8.82. The molecule has 0 aliphatic carbocycles. The number of hydrogen-bond acceptors (Lipinski definition) is 8. The molecule has 0 fully saturated rings. The van der Waals surface area contributed by atoms with Crippen LogP contribution in [0.2, 0.25) is 0 Å². The number of esters is 2. The van der Waals surface area contributed by atoms with Crippen molar-refractivity contribution in [2.24, 2.45) is 7.05 Å². The zero-order valence-corrected chi connectivity index (χ0v) is 16.7. The molecule has 152 valence electrons. The van der Waals surface area contributed by atoms with Gasteiger partial charge < -0.3 is 29.5 Å². The minimum Gasteiger partial charge on any atom is -0.463 e. The van der Waals surface area contributed by atoms with Gasteiger partial charge in [0, 0.05) is 18.4 Å². The standard InChI is InChI=1S/C18H24N4O6/c1-7-27-17(23)12-10(4)20-11(5)13(18(24)28-9(2)3)14(12)15-16(22(25)26)19-8-21(15)6/h8-9,14,20H,7H2,1-6H3. The number of aromatic nitrogens is 2. The summed E-state index contributed by atoms with van der Waals surface area (Å²) < 4.78 is 11.9. The average Bonchev–Trinajstić information content (AvgIpc) is 2.94. The molecule has 0 spiro atoms. The fourth-order valence-corrected chi connectivity index (χ4v) is 3.20. The molecule has 10 nitrogen and oxygen atoms in total. The number of nitrogens with zero attached hydrogens (tertiary/aromatic N) is 3. The second-order valence-corrected chi connectivity index (χ2v) is 6.63. The maximum atomic E-state index is 12.9. The number of ether oxygens (including phenoxy) is 2. The maximum Gasteiger partial charge on any atom is 0.385 e. The number of carbonyl (C=O) groups excluding carboxylic acids is 2. The molecule has 2 rings (SSSR count). The molecular formula is C18H24N4O6. The van der Waals surface area contributed by atoms with E-state index in [0.717, 1.165) is 0 Å². The van der Waals surface area contributed by atoms with Crippen LogP contribution < -0.4 is 5.32 Å². The summed E-state index contributed by atoms with van der Waals surface area (Å²) in [6, 6.07) is 0. The molecule has 0 radical (unpaired) electrons. The average molecular weight is 392 g/mol. The van der Waals surface area contributed by atoms with Gasteiger partial charge in [0.05, 0.1) is 29.8 Å². The van der Waals surface area contributed by atoms with Gasteiger partial charge in [-0.3, -0.25) is 0 Å². The van der Waals surface area contributed by atoms with Crippen molar-refractivity contribution in [2.75, 3.05) is 6.61 Å². The summed E-state index contributed by atoms with van der Waals surface area (Å²) in [5.41, 5.74) is 1.20. The smallest absolute Gasteiger partial charge is 0.385 e. The molecule has 0 amide bonds. The van der Waals surface area contributed by atoms with Gasteiger partial charge >= 0.3 is 17.8 Å². The van der Waals surface area contributed by atoms with Crippen molar-refractivity contribution in [3.8, 4) is 0 Å². The number of rotatable bonds is 6. The number of carbonyl (C=O) groups is 2. The summed E-state index contributed by atoms with van der Waals surface area (Å²) in [6.07, 6.45) is 0.863. The van der Waals surface area contributed by atoms with Crippen molar-refractivity contribution in [1.29, 1.82) is 0 Å². The third kappa shape index (κ3) is 3.90. The lowest BCUT2D eigenvalue weighted by Gasteiger charge is -2.30. The van der Waals surface area contributed by atoms with Crippen LogP contribution in [0.25, 0.3) is 0 Å². The highest BCUT2D eigenvalue weighted by Gasteiger charge is 2.43. The highest BCUT2D eigenvalue weighted by atomic mass is 16.6. The summed E-state index contributed by atoms with van der Waals surface area (Å²) in [7, 11) is 1.57. The number of imidazole rings is 1. The quantitative estimate of drug-likeness (QED) is 0.443. The number of dihydropyridines is 1. The second kappa shape index (κ2) is 8.24. The minimum absolute atomic E-state index is 0.101. The summed E-state index contributed by atoms with van der Waals surface area (Å²) >= 11 is 0. The Kier molecular flexibility index (Phi) is 6.22. The SMILES string of the molecule is CCOC(=O)C1=C(C)NC(C)=C(C(=O)OC(C)C)C1c1c([N+](=O)[O-])ncn1C. The van der Waals surface area contributed by atoms with E-state index in [9.17, 15) is 19.7 Å². The van der Waals surface area contributed by atoms with Crippen LogP contribution in [0.5, 0.6) is 0 Å². The van der Waals surface area contributed by atoms with Crippen molar-refractivity contribution in [3.63, 3.8) is 0 Å². The molecule has 0 aromatic carbocycles. The van der Waals surface area contributed by atoms with Crippen LogP contribution in [0.1, 0.15) is 46.2 Å². The van der Waals surface area contributed by atoms with Crippen molar-refractivity contribution in [3.05, 3.63) is 44.7 Å². The lowest BCUT2D eigenvalue weighted by Crippen LogP contribution is -2.34. The fraction of sp³-hybridized carbons (Fsp3) is 0.500. The van der Waals surface area contributed by atoms with Gasteiger partial charge in [0.15, 0.2) is 0 Å². The van der Waals surface area contributed by atoms with E-state index in [1.165, 1.54) is 10.9 Å². The van der Waals surface area contributed by atoms with E-state index in [4.69, 9.17) is 9.47 Å². The first kappa shape index (κ1) is 21.1. The minimum atomic E-state index is -1.06. The molecule has 1 aromatic rings. The summed E-state index contributed by atoms with van der Waals surface area (Å²) in [5.74, 6) is -2.84. The Bertz CT molecular complexity index is 881. The van der Waals surface area contributed by atoms with E-state index < -0.39 is 34.7 Å². The van der Waals surface area contributed by atoms with E-state index in [1.54, 1.807) is 41.7 Å². The molecule has 0 bridgehead atoms. The predicted molar refractivity (Wildman–Crippen MR) is 99.0 cm³/mol. The summed E-state index contributed by atoms with van der Waals surface area (Å²) in [6.45, 7) is 8.45. The Morgan fingerprint density at radius 1 is 1.29 bits per heavy atom. The highest BCUT2D eigenvalue weighted by Crippen LogP contribution is 2.42. The second-order valence-electron chi connectivity index (χ2n) is 6.63. The highest BCUT2D eigenvalue weighted by molar-refractivity contribution is 6.00. The van der Waals surface area contributed by atoms with E-state index in [2.05, 4.69) is 10.3 Å². The van der Waals surface area contributed by atoms with Crippen LogP contribution in [-0.2, 0) is 26.1 Å². The number of allylic oxidation sites excluding steroid dienone is 2. The summed E-state index contributed by atoms with van der Waals surface area (Å²) in [5, 5.41) is 14.5. The van der Waals surface area contributed by atoms with Crippen LogP contribution in [-0.4, -0.2) is 39.1 Å². The first-order chi connectivity index (χ1) is 13.1. The van der Waals surface area contributed by atoms with Gasteiger partial charge in [-0.05, 0) is 44.5 Å². The lowest BCUT2D eigenvalue weighted by molar-refractivity contribution is -0.390. The normalized spacial score (nSPS) is 16.9. The van der Waals surface area contributed by atoms with Gasteiger partial charge in [-0.2, -0.15) is 0 Å². The Morgan fingerprint density at radius 2 is 1.86 bits per heavy atom. The zero-order valence-electron chi connectivity index (χ0n) is 16.7. The Morgan fingerprint density at radius 3 is 2.36 bits per heavy atom. The van der Waals surface area contributed by atoms with E-state index >= 15 is 0 Å². The van der Waals surface area contributed by atoms with E-state index in [-0.39, 0.29) is 23.4 Å². The summed E-state index contributed by atoms with van der Waals surface area (Å²) in [4.78, 5) is 40.3. The Balaban J connectivity index is 2.77. The Labute approximate surface area is 162 Å². The fourth-order valence-electron chi connectivity index (χ4n) is 3.20. The molecule has 1 aliphatic rings.